The van der Waals surface area contributed by atoms with Crippen LogP contribution < -0.4 is 5.32 Å². The van der Waals surface area contributed by atoms with E-state index in [0.29, 0.717) is 10.6 Å². The van der Waals surface area contributed by atoms with E-state index in [1.807, 2.05) is 6.92 Å². The first-order chi connectivity index (χ1) is 9.10. The van der Waals surface area contributed by atoms with Gasteiger partial charge in [-0.05, 0) is 31.2 Å². The summed E-state index contributed by atoms with van der Waals surface area (Å²) in [6.07, 6.45) is 0. The lowest BCUT2D eigenvalue weighted by Gasteiger charge is -2.07. The second kappa shape index (κ2) is 6.36. The number of Topliss-reactive ketones (excluding diaryl/α,β-unsaturated/α-hetero) is 1. The van der Waals surface area contributed by atoms with E-state index in [2.05, 4.69) is 15.5 Å². The number of anilines is 1. The lowest BCUT2D eigenvalue weighted by Crippen LogP contribution is -2.13. The van der Waals surface area contributed by atoms with Crippen molar-refractivity contribution in [2.75, 3.05) is 12.4 Å². The fourth-order valence-corrected chi connectivity index (χ4v) is 3.46. The van der Waals surface area contributed by atoms with E-state index >= 15 is 0 Å². The van der Waals surface area contributed by atoms with E-state index in [0.717, 1.165) is 9.47 Å². The molecule has 2 rings (SSSR count). The molecule has 2 aromatic rings. The van der Waals surface area contributed by atoms with E-state index in [1.54, 1.807) is 31.3 Å². The van der Waals surface area contributed by atoms with Crippen LogP contribution in [0.5, 0.6) is 0 Å². The lowest BCUT2D eigenvalue weighted by atomic mass is 10.1. The number of ketones is 1. The average molecular weight is 314 g/mol. The number of aromatic nitrogens is 2. The Bertz CT molecular complexity index is 571. The molecule has 7 heteroatoms. The van der Waals surface area contributed by atoms with Crippen molar-refractivity contribution in [1.82, 2.24) is 10.2 Å². The monoisotopic (exact) mass is 313 g/mol. The summed E-state index contributed by atoms with van der Waals surface area (Å²) in [5.74, 6) is 0.0582. The number of hydrogen-bond acceptors (Lipinski definition) is 6. The van der Waals surface area contributed by atoms with Gasteiger partial charge in [-0.25, -0.2) is 0 Å². The highest BCUT2D eigenvalue weighted by atomic mass is 35.5. The Balaban J connectivity index is 2.04. The van der Waals surface area contributed by atoms with Crippen molar-refractivity contribution in [2.24, 2.45) is 0 Å². The molecule has 19 heavy (non-hydrogen) atoms. The molecule has 0 amide bonds. The maximum atomic E-state index is 12.2. The summed E-state index contributed by atoms with van der Waals surface area (Å²) in [7, 11) is 1.79. The van der Waals surface area contributed by atoms with Crippen LogP contribution in [0.1, 0.15) is 17.3 Å². The third kappa shape index (κ3) is 3.68. The van der Waals surface area contributed by atoms with E-state index in [4.69, 9.17) is 11.6 Å². The number of nitrogens with one attached hydrogen (secondary N) is 1. The number of rotatable bonds is 5. The second-order valence-electron chi connectivity index (χ2n) is 3.75. The van der Waals surface area contributed by atoms with E-state index in [9.17, 15) is 4.79 Å². The molecule has 0 saturated carbocycles. The maximum absolute atomic E-state index is 12.2. The van der Waals surface area contributed by atoms with Crippen LogP contribution in [0.25, 0.3) is 0 Å². The molecular weight excluding hydrogens is 302 g/mol. The minimum absolute atomic E-state index is 0.0582. The Morgan fingerprint density at radius 2 is 2.05 bits per heavy atom. The minimum Gasteiger partial charge on any atom is -0.363 e. The fraction of sp³-hybridized carbons (Fsp3) is 0.250. The van der Waals surface area contributed by atoms with Crippen molar-refractivity contribution >= 4 is 45.6 Å². The fourth-order valence-electron chi connectivity index (χ4n) is 1.41. The predicted octanol–water partition coefficient (Wildman–Crippen LogP) is 3.60. The molecule has 0 aliphatic carbocycles. The van der Waals surface area contributed by atoms with Crippen molar-refractivity contribution < 1.29 is 4.79 Å². The Hall–Kier alpha value is -1.11. The Labute approximate surface area is 124 Å². The predicted molar refractivity (Wildman–Crippen MR) is 80.6 cm³/mol. The number of benzene rings is 1. The van der Waals surface area contributed by atoms with Gasteiger partial charge in [0.2, 0.25) is 5.13 Å². The van der Waals surface area contributed by atoms with Crippen LogP contribution in [0, 0.1) is 0 Å². The first kappa shape index (κ1) is 14.3. The zero-order valence-corrected chi connectivity index (χ0v) is 12.8. The van der Waals surface area contributed by atoms with Gasteiger partial charge in [0.1, 0.15) is 0 Å². The largest absolute Gasteiger partial charge is 0.363 e. The summed E-state index contributed by atoms with van der Waals surface area (Å²) in [4.78, 5) is 12.2. The number of carbonyl (C=O) groups is 1. The van der Waals surface area contributed by atoms with E-state index in [-0.39, 0.29) is 11.0 Å². The van der Waals surface area contributed by atoms with Crippen molar-refractivity contribution in [2.45, 2.75) is 16.5 Å². The third-order valence-corrected chi connectivity index (χ3v) is 4.77. The van der Waals surface area contributed by atoms with Crippen LogP contribution >= 0.6 is 34.7 Å². The summed E-state index contributed by atoms with van der Waals surface area (Å²) >= 11 is 8.65. The molecule has 1 heterocycles. The topological polar surface area (TPSA) is 54.9 Å². The summed E-state index contributed by atoms with van der Waals surface area (Å²) in [5, 5.41) is 12.0. The number of thioether (sulfide) groups is 1. The molecule has 0 spiro atoms. The zero-order valence-electron chi connectivity index (χ0n) is 10.4. The smallest absolute Gasteiger partial charge is 0.206 e. The first-order valence-electron chi connectivity index (χ1n) is 5.58. The first-order valence-corrected chi connectivity index (χ1v) is 7.65. The van der Waals surface area contributed by atoms with E-state index < -0.39 is 0 Å². The van der Waals surface area contributed by atoms with Crippen LogP contribution in [0.3, 0.4) is 0 Å². The van der Waals surface area contributed by atoms with Gasteiger partial charge in [0.05, 0.1) is 5.25 Å². The molecular formula is C12H12ClN3OS2. The van der Waals surface area contributed by atoms with Crippen LogP contribution in [-0.4, -0.2) is 28.3 Å². The second-order valence-corrected chi connectivity index (χ2v) is 6.76. The van der Waals surface area contributed by atoms with Crippen molar-refractivity contribution in [3.8, 4) is 0 Å². The molecule has 1 N–H and O–H groups in total. The molecule has 0 aliphatic heterocycles. The van der Waals surface area contributed by atoms with Crippen molar-refractivity contribution in [1.29, 1.82) is 0 Å². The SMILES string of the molecule is CNc1nnc(S[C@H](C)C(=O)c2ccc(Cl)cc2)s1. The normalized spacial score (nSPS) is 12.2. The molecule has 0 saturated heterocycles. The van der Waals surface area contributed by atoms with Crippen LogP contribution in [0.2, 0.25) is 5.02 Å². The molecule has 0 fully saturated rings. The van der Waals surface area contributed by atoms with Gasteiger partial charge < -0.3 is 5.32 Å². The summed E-state index contributed by atoms with van der Waals surface area (Å²) in [6.45, 7) is 1.86. The Kier molecular flexibility index (Phi) is 4.79. The highest BCUT2D eigenvalue weighted by molar-refractivity contribution is 8.02. The van der Waals surface area contributed by atoms with Gasteiger partial charge in [-0.2, -0.15) is 0 Å². The Morgan fingerprint density at radius 3 is 2.63 bits per heavy atom. The minimum atomic E-state index is -0.209. The van der Waals surface area contributed by atoms with Gasteiger partial charge in [0.15, 0.2) is 10.1 Å². The molecule has 4 nitrogen and oxygen atoms in total. The molecule has 1 aromatic carbocycles. The van der Waals surface area contributed by atoms with Crippen LogP contribution in [-0.2, 0) is 0 Å². The number of carbonyl (C=O) groups excluding carboxylic acids is 1. The molecule has 0 unspecified atom stereocenters. The van der Waals surface area contributed by atoms with E-state index in [1.165, 1.54) is 23.1 Å². The molecule has 0 bridgehead atoms. The number of hydrogen-bond donors (Lipinski definition) is 1. The maximum Gasteiger partial charge on any atom is 0.206 e. The molecule has 0 aliphatic rings. The standard InChI is InChI=1S/C12H12ClN3OS2/c1-7(18-12-16-15-11(14-2)19-12)10(17)8-3-5-9(13)6-4-8/h3-7H,1-2H3,(H,14,15)/t7-/m1/s1. The van der Waals surface area contributed by atoms with Gasteiger partial charge in [-0.3, -0.25) is 4.79 Å². The molecule has 1 atom stereocenters. The molecule has 100 valence electrons. The highest BCUT2D eigenvalue weighted by Crippen LogP contribution is 2.30. The van der Waals surface area contributed by atoms with Gasteiger partial charge in [0.25, 0.3) is 0 Å². The number of nitrogens with zero attached hydrogens (tertiary/aromatic N) is 2. The molecule has 1 aromatic heterocycles. The zero-order chi connectivity index (χ0) is 13.8. The van der Waals surface area contributed by atoms with Crippen molar-refractivity contribution in [3.05, 3.63) is 34.9 Å². The van der Waals surface area contributed by atoms with Gasteiger partial charge in [-0.1, -0.05) is 34.7 Å². The van der Waals surface area contributed by atoms with Gasteiger partial charge in [0, 0.05) is 17.6 Å². The average Bonchev–Trinajstić information content (AvgIpc) is 2.86. The number of halogens is 1. The Morgan fingerprint density at radius 1 is 1.37 bits per heavy atom. The third-order valence-electron chi connectivity index (χ3n) is 2.40. The summed E-state index contributed by atoms with van der Waals surface area (Å²) in [6, 6.07) is 6.91. The quantitative estimate of drug-likeness (QED) is 0.675. The van der Waals surface area contributed by atoms with Gasteiger partial charge in [-0.15, -0.1) is 10.2 Å². The van der Waals surface area contributed by atoms with Crippen molar-refractivity contribution in [3.63, 3.8) is 0 Å². The van der Waals surface area contributed by atoms with Crippen LogP contribution in [0.15, 0.2) is 28.6 Å². The summed E-state index contributed by atoms with van der Waals surface area (Å²) < 4.78 is 0.777. The van der Waals surface area contributed by atoms with Gasteiger partial charge >= 0.3 is 0 Å². The van der Waals surface area contributed by atoms with Crippen LogP contribution in [0.4, 0.5) is 5.13 Å². The highest BCUT2D eigenvalue weighted by Gasteiger charge is 2.18. The summed E-state index contributed by atoms with van der Waals surface area (Å²) in [5.41, 5.74) is 0.655. The molecule has 0 radical (unpaired) electrons. The lowest BCUT2D eigenvalue weighted by molar-refractivity contribution is 0.0994.